The van der Waals surface area contributed by atoms with Crippen LogP contribution < -0.4 is 11.1 Å². The molecule has 0 aliphatic heterocycles. The minimum atomic E-state index is -0.431. The Bertz CT molecular complexity index is 255. The number of carbonyl (C=O) groups excluding carboxylic acids is 1. The van der Waals surface area contributed by atoms with Gasteiger partial charge >= 0.3 is 0 Å². The van der Waals surface area contributed by atoms with E-state index < -0.39 is 6.10 Å². The first kappa shape index (κ1) is 15.4. The second-order valence-corrected chi connectivity index (χ2v) is 5.68. The molecule has 4 N–H and O–H groups in total. The number of aliphatic hydroxyl groups excluding tert-OH is 1. The predicted octanol–water partition coefficient (Wildman–Crippen LogP) is 1.42. The van der Waals surface area contributed by atoms with Gasteiger partial charge in [0.05, 0.1) is 6.10 Å². The van der Waals surface area contributed by atoms with Crippen molar-refractivity contribution in [2.75, 3.05) is 13.1 Å². The SMILES string of the molecule is CCC(CC)C(O)CNC(=O)CC1(CN)CCC1. The fourth-order valence-corrected chi connectivity index (χ4v) is 2.75. The van der Waals surface area contributed by atoms with Gasteiger partial charge in [0.25, 0.3) is 0 Å². The van der Waals surface area contributed by atoms with Crippen LogP contribution in [0.3, 0.4) is 0 Å². The molecular weight excluding hydrogens is 228 g/mol. The largest absolute Gasteiger partial charge is 0.391 e. The Labute approximate surface area is 110 Å². The summed E-state index contributed by atoms with van der Waals surface area (Å²) in [5.41, 5.74) is 5.78. The van der Waals surface area contributed by atoms with Crippen LogP contribution in [0.25, 0.3) is 0 Å². The van der Waals surface area contributed by atoms with Gasteiger partial charge in [0, 0.05) is 13.0 Å². The molecule has 1 atom stereocenters. The van der Waals surface area contributed by atoms with Crippen molar-refractivity contribution in [1.29, 1.82) is 0 Å². The Balaban J connectivity index is 2.28. The molecule has 4 heteroatoms. The van der Waals surface area contributed by atoms with Crippen molar-refractivity contribution in [3.8, 4) is 0 Å². The number of nitrogens with one attached hydrogen (secondary N) is 1. The average molecular weight is 256 g/mol. The summed E-state index contributed by atoms with van der Waals surface area (Å²) in [6, 6.07) is 0. The molecule has 1 aliphatic rings. The van der Waals surface area contributed by atoms with Gasteiger partial charge in [-0.2, -0.15) is 0 Å². The standard InChI is InChI=1S/C14H28N2O2/c1-3-11(4-2)12(17)9-16-13(18)8-14(10-15)6-5-7-14/h11-12,17H,3-10,15H2,1-2H3,(H,16,18). The number of hydrogen-bond acceptors (Lipinski definition) is 3. The second kappa shape index (κ2) is 7.10. The number of aliphatic hydroxyl groups is 1. The molecule has 0 aromatic carbocycles. The third-order valence-electron chi connectivity index (χ3n) is 4.48. The summed E-state index contributed by atoms with van der Waals surface area (Å²) in [5.74, 6) is 0.308. The number of hydrogen-bond donors (Lipinski definition) is 3. The van der Waals surface area contributed by atoms with Crippen LogP contribution in [0.2, 0.25) is 0 Å². The molecule has 4 nitrogen and oxygen atoms in total. The van der Waals surface area contributed by atoms with Crippen LogP contribution in [0.5, 0.6) is 0 Å². The lowest BCUT2D eigenvalue weighted by molar-refractivity contribution is -0.125. The van der Waals surface area contributed by atoms with Crippen LogP contribution in [-0.4, -0.2) is 30.2 Å². The highest BCUT2D eigenvalue weighted by Crippen LogP contribution is 2.42. The van der Waals surface area contributed by atoms with Crippen LogP contribution in [0.15, 0.2) is 0 Å². The molecule has 106 valence electrons. The quantitative estimate of drug-likeness (QED) is 0.615. The molecule has 1 fully saturated rings. The minimum absolute atomic E-state index is 0.0326. The fourth-order valence-electron chi connectivity index (χ4n) is 2.75. The van der Waals surface area contributed by atoms with Crippen LogP contribution >= 0.6 is 0 Å². The van der Waals surface area contributed by atoms with Gasteiger partial charge in [-0.25, -0.2) is 0 Å². The van der Waals surface area contributed by atoms with Crippen LogP contribution in [0.4, 0.5) is 0 Å². The fraction of sp³-hybridized carbons (Fsp3) is 0.929. The van der Waals surface area contributed by atoms with Gasteiger partial charge in [0.15, 0.2) is 0 Å². The molecule has 0 saturated heterocycles. The normalized spacial score (nSPS) is 19.4. The van der Waals surface area contributed by atoms with Gasteiger partial charge in [-0.05, 0) is 30.7 Å². The van der Waals surface area contributed by atoms with E-state index in [9.17, 15) is 9.90 Å². The van der Waals surface area contributed by atoms with E-state index in [1.54, 1.807) is 0 Å². The molecule has 1 aliphatic carbocycles. The van der Waals surface area contributed by atoms with E-state index in [0.29, 0.717) is 19.5 Å². The van der Waals surface area contributed by atoms with E-state index in [4.69, 9.17) is 5.73 Å². The molecule has 0 radical (unpaired) electrons. The molecular formula is C14H28N2O2. The maximum Gasteiger partial charge on any atom is 0.220 e. The van der Waals surface area contributed by atoms with E-state index in [1.807, 2.05) is 0 Å². The summed E-state index contributed by atoms with van der Waals surface area (Å²) in [5, 5.41) is 12.8. The maximum absolute atomic E-state index is 11.8. The first-order chi connectivity index (χ1) is 8.56. The summed E-state index contributed by atoms with van der Waals surface area (Å²) in [6.07, 6.45) is 5.28. The summed E-state index contributed by atoms with van der Waals surface area (Å²) in [6.45, 7) is 5.09. The first-order valence-corrected chi connectivity index (χ1v) is 7.21. The summed E-state index contributed by atoms with van der Waals surface area (Å²) < 4.78 is 0. The lowest BCUT2D eigenvalue weighted by Gasteiger charge is -2.40. The van der Waals surface area contributed by atoms with Crippen molar-refractivity contribution in [2.45, 2.75) is 58.5 Å². The predicted molar refractivity (Wildman–Crippen MR) is 73.0 cm³/mol. The van der Waals surface area contributed by atoms with Crippen LogP contribution in [0, 0.1) is 11.3 Å². The molecule has 0 heterocycles. The van der Waals surface area contributed by atoms with Crippen molar-refractivity contribution in [3.05, 3.63) is 0 Å². The number of rotatable bonds is 8. The number of amides is 1. The van der Waals surface area contributed by atoms with Crippen molar-refractivity contribution in [1.82, 2.24) is 5.32 Å². The van der Waals surface area contributed by atoms with Crippen molar-refractivity contribution in [3.63, 3.8) is 0 Å². The third kappa shape index (κ3) is 3.95. The molecule has 18 heavy (non-hydrogen) atoms. The molecule has 0 spiro atoms. The topological polar surface area (TPSA) is 75.3 Å². The van der Waals surface area contributed by atoms with Gasteiger partial charge in [0.1, 0.15) is 0 Å². The van der Waals surface area contributed by atoms with Crippen molar-refractivity contribution >= 4 is 5.91 Å². The highest BCUT2D eigenvalue weighted by Gasteiger charge is 2.37. The Morgan fingerprint density at radius 1 is 1.39 bits per heavy atom. The van der Waals surface area contributed by atoms with Gasteiger partial charge in [-0.1, -0.05) is 33.1 Å². The third-order valence-corrected chi connectivity index (χ3v) is 4.48. The van der Waals surface area contributed by atoms with E-state index in [2.05, 4.69) is 19.2 Å². The lowest BCUT2D eigenvalue weighted by Crippen LogP contribution is -2.43. The molecule has 0 aromatic rings. The first-order valence-electron chi connectivity index (χ1n) is 7.21. The zero-order chi connectivity index (χ0) is 13.6. The highest BCUT2D eigenvalue weighted by atomic mass is 16.3. The van der Waals surface area contributed by atoms with Crippen molar-refractivity contribution in [2.24, 2.45) is 17.1 Å². The average Bonchev–Trinajstić information content (AvgIpc) is 2.33. The Hall–Kier alpha value is -0.610. The Morgan fingerprint density at radius 2 is 2.00 bits per heavy atom. The van der Waals surface area contributed by atoms with E-state index in [0.717, 1.165) is 25.7 Å². The molecule has 1 saturated carbocycles. The molecule has 1 unspecified atom stereocenters. The van der Waals surface area contributed by atoms with E-state index in [1.165, 1.54) is 6.42 Å². The zero-order valence-electron chi connectivity index (χ0n) is 11.7. The van der Waals surface area contributed by atoms with E-state index in [-0.39, 0.29) is 17.2 Å². The van der Waals surface area contributed by atoms with Gasteiger partial charge < -0.3 is 16.2 Å². The monoisotopic (exact) mass is 256 g/mol. The Morgan fingerprint density at radius 3 is 2.39 bits per heavy atom. The molecule has 1 amide bonds. The smallest absolute Gasteiger partial charge is 0.220 e. The van der Waals surface area contributed by atoms with Gasteiger partial charge in [-0.3, -0.25) is 4.79 Å². The molecule has 0 bridgehead atoms. The molecule has 0 aromatic heterocycles. The summed E-state index contributed by atoms with van der Waals surface area (Å²) in [4.78, 5) is 11.8. The minimum Gasteiger partial charge on any atom is -0.391 e. The maximum atomic E-state index is 11.8. The van der Waals surface area contributed by atoms with Crippen LogP contribution in [-0.2, 0) is 4.79 Å². The second-order valence-electron chi connectivity index (χ2n) is 5.68. The van der Waals surface area contributed by atoms with Gasteiger partial charge in [0.2, 0.25) is 5.91 Å². The van der Waals surface area contributed by atoms with Gasteiger partial charge in [-0.15, -0.1) is 0 Å². The number of carbonyl (C=O) groups is 1. The summed E-state index contributed by atoms with van der Waals surface area (Å²) in [7, 11) is 0. The number of nitrogens with two attached hydrogens (primary N) is 1. The van der Waals surface area contributed by atoms with Crippen LogP contribution in [0.1, 0.15) is 52.4 Å². The van der Waals surface area contributed by atoms with Crippen molar-refractivity contribution < 1.29 is 9.90 Å². The summed E-state index contributed by atoms with van der Waals surface area (Å²) >= 11 is 0. The Kier molecular flexibility index (Phi) is 6.09. The molecule has 1 rings (SSSR count). The highest BCUT2D eigenvalue weighted by molar-refractivity contribution is 5.76. The lowest BCUT2D eigenvalue weighted by atomic mass is 9.66. The zero-order valence-corrected chi connectivity index (χ0v) is 11.7. The van der Waals surface area contributed by atoms with E-state index >= 15 is 0 Å².